The van der Waals surface area contributed by atoms with E-state index < -0.39 is 0 Å². The van der Waals surface area contributed by atoms with E-state index in [0.717, 1.165) is 5.69 Å². The van der Waals surface area contributed by atoms with Crippen LogP contribution in [-0.2, 0) is 6.54 Å². The predicted molar refractivity (Wildman–Crippen MR) is 79.4 cm³/mol. The second-order valence-electron chi connectivity index (χ2n) is 3.93. The summed E-state index contributed by atoms with van der Waals surface area (Å²) in [6.07, 6.45) is 0. The smallest absolute Gasteiger partial charge is 0.142 e. The third kappa shape index (κ3) is 3.61. The topological polar surface area (TPSA) is 21.3 Å². The van der Waals surface area contributed by atoms with Gasteiger partial charge in [0.2, 0.25) is 0 Å². The molecule has 0 atom stereocenters. The van der Waals surface area contributed by atoms with E-state index in [1.165, 1.54) is 6.07 Å². The zero-order chi connectivity index (χ0) is 13.8. The number of methoxy groups -OCH3 is 1. The highest BCUT2D eigenvalue weighted by Crippen LogP contribution is 2.28. The molecule has 0 bridgehead atoms. The van der Waals surface area contributed by atoms with Crippen molar-refractivity contribution in [2.45, 2.75) is 6.54 Å². The fraction of sp³-hybridized carbons (Fsp3) is 0.143. The zero-order valence-corrected chi connectivity index (χ0v) is 12.6. The van der Waals surface area contributed by atoms with E-state index in [1.54, 1.807) is 37.4 Å². The molecule has 0 aliphatic rings. The molecule has 0 amide bonds. The number of benzene rings is 2. The van der Waals surface area contributed by atoms with Gasteiger partial charge in [-0.25, -0.2) is 4.39 Å². The number of hydrogen-bond acceptors (Lipinski definition) is 2. The molecule has 5 heteroatoms. The highest BCUT2D eigenvalue weighted by atomic mass is 79.9. The lowest BCUT2D eigenvalue weighted by Crippen LogP contribution is -2.03. The monoisotopic (exact) mass is 343 g/mol. The molecule has 2 nitrogen and oxygen atoms in total. The van der Waals surface area contributed by atoms with E-state index in [-0.39, 0.29) is 5.82 Å². The summed E-state index contributed by atoms with van der Waals surface area (Å²) in [4.78, 5) is 0. The summed E-state index contributed by atoms with van der Waals surface area (Å²) >= 11 is 9.16. The lowest BCUT2D eigenvalue weighted by Gasteiger charge is -2.12. The molecule has 0 fully saturated rings. The lowest BCUT2D eigenvalue weighted by atomic mass is 10.2. The van der Waals surface area contributed by atoms with Gasteiger partial charge in [0.05, 0.1) is 12.8 Å². The Morgan fingerprint density at radius 3 is 2.74 bits per heavy atom. The van der Waals surface area contributed by atoms with Crippen LogP contribution in [0, 0.1) is 5.82 Å². The third-order valence-electron chi connectivity index (χ3n) is 2.65. The first-order chi connectivity index (χ1) is 9.10. The van der Waals surface area contributed by atoms with Gasteiger partial charge in [0.15, 0.2) is 0 Å². The maximum atomic E-state index is 13.7. The third-order valence-corrected chi connectivity index (χ3v) is 3.37. The molecule has 0 saturated heterocycles. The minimum atomic E-state index is -0.261. The molecule has 0 unspecified atom stereocenters. The van der Waals surface area contributed by atoms with Gasteiger partial charge in [0, 0.05) is 21.6 Å². The van der Waals surface area contributed by atoms with Crippen LogP contribution in [-0.4, -0.2) is 7.11 Å². The normalized spacial score (nSPS) is 10.3. The molecule has 19 heavy (non-hydrogen) atoms. The minimum Gasteiger partial charge on any atom is -0.495 e. The van der Waals surface area contributed by atoms with Crippen molar-refractivity contribution in [2.75, 3.05) is 12.4 Å². The van der Waals surface area contributed by atoms with Gasteiger partial charge in [-0.15, -0.1) is 0 Å². The van der Waals surface area contributed by atoms with E-state index in [0.29, 0.717) is 27.4 Å². The van der Waals surface area contributed by atoms with Crippen molar-refractivity contribution in [3.05, 3.63) is 57.3 Å². The summed E-state index contributed by atoms with van der Waals surface area (Å²) in [5.74, 6) is 0.407. The van der Waals surface area contributed by atoms with Gasteiger partial charge < -0.3 is 10.1 Å². The predicted octanol–water partition coefficient (Wildman–Crippen LogP) is 4.86. The maximum absolute atomic E-state index is 13.7. The Kier molecular flexibility index (Phi) is 4.66. The first kappa shape index (κ1) is 14.2. The van der Waals surface area contributed by atoms with Gasteiger partial charge in [0.25, 0.3) is 0 Å². The summed E-state index contributed by atoms with van der Waals surface area (Å²) in [7, 11) is 1.58. The van der Waals surface area contributed by atoms with Gasteiger partial charge in [-0.2, -0.15) is 0 Å². The van der Waals surface area contributed by atoms with Crippen molar-refractivity contribution in [2.24, 2.45) is 0 Å². The maximum Gasteiger partial charge on any atom is 0.142 e. The van der Waals surface area contributed by atoms with Gasteiger partial charge in [-0.05, 0) is 30.3 Å². The van der Waals surface area contributed by atoms with Crippen molar-refractivity contribution >= 4 is 33.2 Å². The lowest BCUT2D eigenvalue weighted by molar-refractivity contribution is 0.416. The molecule has 100 valence electrons. The number of halogens is 3. The van der Waals surface area contributed by atoms with Crippen molar-refractivity contribution in [1.29, 1.82) is 0 Å². The van der Waals surface area contributed by atoms with Crippen LogP contribution in [0.15, 0.2) is 40.9 Å². The second-order valence-corrected chi connectivity index (χ2v) is 5.29. The summed E-state index contributed by atoms with van der Waals surface area (Å²) in [5, 5.41) is 3.71. The Hall–Kier alpha value is -1.26. The van der Waals surface area contributed by atoms with Crippen LogP contribution < -0.4 is 10.1 Å². The highest BCUT2D eigenvalue weighted by Gasteiger charge is 2.06. The molecule has 2 aromatic carbocycles. The van der Waals surface area contributed by atoms with E-state index in [4.69, 9.17) is 16.3 Å². The fourth-order valence-electron chi connectivity index (χ4n) is 1.67. The number of hydrogen-bond donors (Lipinski definition) is 1. The molecule has 0 spiro atoms. The largest absolute Gasteiger partial charge is 0.495 e. The summed E-state index contributed by atoms with van der Waals surface area (Å²) in [6, 6.07) is 10.2. The average Bonchev–Trinajstić information content (AvgIpc) is 2.38. The summed E-state index contributed by atoms with van der Waals surface area (Å²) in [5.41, 5.74) is 1.31. The van der Waals surface area contributed by atoms with Crippen LogP contribution in [0.3, 0.4) is 0 Å². The molecule has 0 heterocycles. The standard InChI is InChI=1S/C14H12BrClFNO/c1-19-14-5-4-11(16)7-13(14)18-8-9-2-3-10(15)6-12(9)17/h2-7,18H,8H2,1H3. The minimum absolute atomic E-state index is 0.261. The Morgan fingerprint density at radius 2 is 2.05 bits per heavy atom. The van der Waals surface area contributed by atoms with E-state index in [1.807, 2.05) is 0 Å². The summed E-state index contributed by atoms with van der Waals surface area (Å²) in [6.45, 7) is 0.357. The van der Waals surface area contributed by atoms with Crippen LogP contribution in [0.4, 0.5) is 10.1 Å². The van der Waals surface area contributed by atoms with Crippen LogP contribution >= 0.6 is 27.5 Å². The molecule has 0 aliphatic heterocycles. The van der Waals surface area contributed by atoms with Crippen molar-refractivity contribution < 1.29 is 9.13 Å². The van der Waals surface area contributed by atoms with Crippen molar-refractivity contribution in [1.82, 2.24) is 0 Å². The van der Waals surface area contributed by atoms with Gasteiger partial charge in [-0.1, -0.05) is 33.6 Å². The van der Waals surface area contributed by atoms with Crippen LogP contribution in [0.1, 0.15) is 5.56 Å². The van der Waals surface area contributed by atoms with Crippen molar-refractivity contribution in [3.63, 3.8) is 0 Å². The van der Waals surface area contributed by atoms with E-state index >= 15 is 0 Å². The van der Waals surface area contributed by atoms with E-state index in [9.17, 15) is 4.39 Å². The molecule has 1 N–H and O–H groups in total. The van der Waals surface area contributed by atoms with E-state index in [2.05, 4.69) is 21.2 Å². The molecular weight excluding hydrogens is 333 g/mol. The highest BCUT2D eigenvalue weighted by molar-refractivity contribution is 9.10. The fourth-order valence-corrected chi connectivity index (χ4v) is 2.18. The quantitative estimate of drug-likeness (QED) is 0.855. The van der Waals surface area contributed by atoms with Crippen LogP contribution in [0.5, 0.6) is 5.75 Å². The zero-order valence-electron chi connectivity index (χ0n) is 10.2. The molecule has 2 rings (SSSR count). The first-order valence-electron chi connectivity index (χ1n) is 5.61. The number of anilines is 1. The molecule has 0 radical (unpaired) electrons. The van der Waals surface area contributed by atoms with Gasteiger partial charge in [0.1, 0.15) is 11.6 Å². The Balaban J connectivity index is 2.16. The van der Waals surface area contributed by atoms with Gasteiger partial charge in [-0.3, -0.25) is 0 Å². The SMILES string of the molecule is COc1ccc(Cl)cc1NCc1ccc(Br)cc1F. The van der Waals surface area contributed by atoms with Crippen LogP contribution in [0.25, 0.3) is 0 Å². The first-order valence-corrected chi connectivity index (χ1v) is 6.78. The second kappa shape index (κ2) is 6.26. The van der Waals surface area contributed by atoms with Gasteiger partial charge >= 0.3 is 0 Å². The van der Waals surface area contributed by atoms with Crippen LogP contribution in [0.2, 0.25) is 5.02 Å². The Morgan fingerprint density at radius 1 is 1.26 bits per heavy atom. The molecule has 2 aromatic rings. The summed E-state index contributed by atoms with van der Waals surface area (Å²) < 4.78 is 19.6. The van der Waals surface area contributed by atoms with Crippen molar-refractivity contribution in [3.8, 4) is 5.75 Å². The number of rotatable bonds is 4. The Labute approximate surface area is 124 Å². The number of nitrogens with one attached hydrogen (secondary N) is 1. The Bertz CT molecular complexity index is 592. The molecule has 0 aromatic heterocycles. The molecule has 0 aliphatic carbocycles. The molecular formula is C14H12BrClFNO. The average molecular weight is 345 g/mol. The molecule has 0 saturated carbocycles. The number of ether oxygens (including phenoxy) is 1.